The van der Waals surface area contributed by atoms with Crippen LogP contribution in [0.3, 0.4) is 0 Å². The molecule has 1 atom stereocenters. The van der Waals surface area contributed by atoms with Gasteiger partial charge in [0.25, 0.3) is 0 Å². The highest BCUT2D eigenvalue weighted by Crippen LogP contribution is 2.18. The lowest BCUT2D eigenvalue weighted by molar-refractivity contribution is 0.0685. The van der Waals surface area contributed by atoms with Crippen LogP contribution < -0.4 is 5.32 Å². The molecule has 1 unspecified atom stereocenters. The van der Waals surface area contributed by atoms with E-state index < -0.39 is 5.97 Å². The molecule has 0 radical (unpaired) electrons. The summed E-state index contributed by atoms with van der Waals surface area (Å²) in [5.74, 6) is -0.558. The number of carboxylic acids is 1. The van der Waals surface area contributed by atoms with Crippen LogP contribution in [0.4, 0.5) is 0 Å². The standard InChI is InChI=1S/C11H12N2O3S/c1-7(10-3-2-4-17-10)12-6-8-5-9(11(14)15)13-16-8/h2-5,7,12H,6H2,1H3,(H,14,15). The summed E-state index contributed by atoms with van der Waals surface area (Å²) in [5, 5.41) is 17.4. The van der Waals surface area contributed by atoms with Crippen LogP contribution in [-0.4, -0.2) is 16.2 Å². The molecular weight excluding hydrogens is 240 g/mol. The van der Waals surface area contributed by atoms with Crippen LogP contribution in [0.25, 0.3) is 0 Å². The molecule has 0 aliphatic carbocycles. The van der Waals surface area contributed by atoms with Gasteiger partial charge in [0.05, 0.1) is 6.54 Å². The van der Waals surface area contributed by atoms with Crippen LogP contribution in [0.5, 0.6) is 0 Å². The van der Waals surface area contributed by atoms with Crippen LogP contribution in [0.1, 0.15) is 34.1 Å². The number of aromatic nitrogens is 1. The number of rotatable bonds is 5. The number of carbonyl (C=O) groups is 1. The predicted octanol–water partition coefficient (Wildman–Crippen LogP) is 2.29. The molecule has 2 N–H and O–H groups in total. The molecule has 0 amide bonds. The average Bonchev–Trinajstić information content (AvgIpc) is 2.97. The molecule has 0 bridgehead atoms. The van der Waals surface area contributed by atoms with E-state index in [1.807, 2.05) is 24.4 Å². The van der Waals surface area contributed by atoms with Crippen LogP contribution in [-0.2, 0) is 6.54 Å². The number of aromatic carboxylic acids is 1. The highest BCUT2D eigenvalue weighted by atomic mass is 32.1. The van der Waals surface area contributed by atoms with E-state index in [0.717, 1.165) is 0 Å². The van der Waals surface area contributed by atoms with Crippen LogP contribution >= 0.6 is 11.3 Å². The van der Waals surface area contributed by atoms with Gasteiger partial charge in [-0.15, -0.1) is 11.3 Å². The minimum Gasteiger partial charge on any atom is -0.476 e. The number of hydrogen-bond acceptors (Lipinski definition) is 5. The molecular formula is C11H12N2O3S. The summed E-state index contributed by atoms with van der Waals surface area (Å²) in [6.45, 7) is 2.50. The largest absolute Gasteiger partial charge is 0.476 e. The van der Waals surface area contributed by atoms with Crippen molar-refractivity contribution in [2.75, 3.05) is 0 Å². The Balaban J connectivity index is 1.91. The Morgan fingerprint density at radius 1 is 1.71 bits per heavy atom. The van der Waals surface area contributed by atoms with Gasteiger partial charge in [0.15, 0.2) is 11.5 Å². The molecule has 0 aromatic carbocycles. The second-order valence-corrected chi connectivity index (χ2v) is 4.58. The minimum atomic E-state index is -1.08. The van der Waals surface area contributed by atoms with Crippen molar-refractivity contribution in [1.29, 1.82) is 0 Å². The average molecular weight is 252 g/mol. The minimum absolute atomic E-state index is 0.0643. The number of hydrogen-bond donors (Lipinski definition) is 2. The van der Waals surface area contributed by atoms with E-state index in [4.69, 9.17) is 9.63 Å². The van der Waals surface area contributed by atoms with E-state index >= 15 is 0 Å². The Bertz CT molecular complexity index is 493. The zero-order chi connectivity index (χ0) is 12.3. The lowest BCUT2D eigenvalue weighted by Crippen LogP contribution is -2.16. The van der Waals surface area contributed by atoms with Crippen molar-refractivity contribution in [1.82, 2.24) is 10.5 Å². The smallest absolute Gasteiger partial charge is 0.358 e. The number of thiophene rings is 1. The highest BCUT2D eigenvalue weighted by molar-refractivity contribution is 7.10. The van der Waals surface area contributed by atoms with Crippen molar-refractivity contribution in [3.05, 3.63) is 39.9 Å². The Hall–Kier alpha value is -1.66. The van der Waals surface area contributed by atoms with Gasteiger partial charge < -0.3 is 14.9 Å². The van der Waals surface area contributed by atoms with Crippen LogP contribution in [0.15, 0.2) is 28.1 Å². The van der Waals surface area contributed by atoms with E-state index in [-0.39, 0.29) is 11.7 Å². The number of carboxylic acid groups (broad SMARTS) is 1. The fraction of sp³-hybridized carbons (Fsp3) is 0.273. The fourth-order valence-electron chi connectivity index (χ4n) is 1.39. The first-order valence-electron chi connectivity index (χ1n) is 5.12. The Labute approximate surface area is 102 Å². The van der Waals surface area contributed by atoms with Gasteiger partial charge in [-0.2, -0.15) is 0 Å². The number of nitrogens with zero attached hydrogens (tertiary/aromatic N) is 1. The second kappa shape index (κ2) is 5.11. The molecule has 2 aromatic rings. The summed E-state index contributed by atoms with van der Waals surface area (Å²) in [6.07, 6.45) is 0. The van der Waals surface area contributed by atoms with Crippen molar-refractivity contribution in [2.45, 2.75) is 19.5 Å². The van der Waals surface area contributed by atoms with Crippen LogP contribution in [0.2, 0.25) is 0 Å². The van der Waals surface area contributed by atoms with Gasteiger partial charge >= 0.3 is 5.97 Å². The van der Waals surface area contributed by atoms with Crippen molar-refractivity contribution in [2.24, 2.45) is 0 Å². The summed E-state index contributed by atoms with van der Waals surface area (Å²) in [5.41, 5.74) is -0.0643. The van der Waals surface area contributed by atoms with E-state index in [1.165, 1.54) is 10.9 Å². The third kappa shape index (κ3) is 2.92. The lowest BCUT2D eigenvalue weighted by Gasteiger charge is -2.09. The molecule has 90 valence electrons. The van der Waals surface area contributed by atoms with Gasteiger partial charge in [-0.05, 0) is 18.4 Å². The quantitative estimate of drug-likeness (QED) is 0.853. The first kappa shape index (κ1) is 11.8. The topological polar surface area (TPSA) is 75.4 Å². The summed E-state index contributed by atoms with van der Waals surface area (Å²) in [7, 11) is 0. The lowest BCUT2D eigenvalue weighted by atomic mass is 10.2. The Morgan fingerprint density at radius 3 is 3.12 bits per heavy atom. The summed E-state index contributed by atoms with van der Waals surface area (Å²) in [6, 6.07) is 5.67. The fourth-order valence-corrected chi connectivity index (χ4v) is 2.15. The van der Waals surface area contributed by atoms with E-state index in [0.29, 0.717) is 12.3 Å². The van der Waals surface area contributed by atoms with Gasteiger partial charge in [0.2, 0.25) is 0 Å². The van der Waals surface area contributed by atoms with Gasteiger partial charge in [0, 0.05) is 17.0 Å². The Morgan fingerprint density at radius 2 is 2.53 bits per heavy atom. The molecule has 0 spiro atoms. The number of nitrogens with one attached hydrogen (secondary N) is 1. The van der Waals surface area contributed by atoms with Crippen molar-refractivity contribution < 1.29 is 14.4 Å². The van der Waals surface area contributed by atoms with Crippen molar-refractivity contribution in [3.8, 4) is 0 Å². The van der Waals surface area contributed by atoms with E-state index in [9.17, 15) is 4.79 Å². The zero-order valence-corrected chi connectivity index (χ0v) is 10.0. The monoisotopic (exact) mass is 252 g/mol. The molecule has 0 saturated heterocycles. The SMILES string of the molecule is CC(NCc1cc(C(=O)O)no1)c1cccs1. The summed E-state index contributed by atoms with van der Waals surface area (Å²) >= 11 is 1.67. The Kier molecular flexibility index (Phi) is 3.55. The molecule has 0 aliphatic rings. The third-order valence-electron chi connectivity index (χ3n) is 2.33. The normalized spacial score (nSPS) is 12.5. The first-order chi connectivity index (χ1) is 8.16. The first-order valence-corrected chi connectivity index (χ1v) is 6.00. The van der Waals surface area contributed by atoms with Crippen molar-refractivity contribution >= 4 is 17.3 Å². The van der Waals surface area contributed by atoms with Crippen molar-refractivity contribution in [3.63, 3.8) is 0 Å². The maximum absolute atomic E-state index is 10.6. The molecule has 2 heterocycles. The highest BCUT2D eigenvalue weighted by Gasteiger charge is 2.12. The summed E-state index contributed by atoms with van der Waals surface area (Å²) in [4.78, 5) is 11.8. The van der Waals surface area contributed by atoms with E-state index in [1.54, 1.807) is 11.3 Å². The molecule has 5 nitrogen and oxygen atoms in total. The molecule has 2 rings (SSSR count). The molecule has 0 aliphatic heterocycles. The van der Waals surface area contributed by atoms with Gasteiger partial charge in [-0.3, -0.25) is 0 Å². The molecule has 0 fully saturated rings. The van der Waals surface area contributed by atoms with Crippen LogP contribution in [0, 0.1) is 0 Å². The van der Waals surface area contributed by atoms with Gasteiger partial charge in [0.1, 0.15) is 0 Å². The molecule has 6 heteroatoms. The van der Waals surface area contributed by atoms with Gasteiger partial charge in [-0.1, -0.05) is 11.2 Å². The summed E-state index contributed by atoms with van der Waals surface area (Å²) < 4.78 is 4.90. The zero-order valence-electron chi connectivity index (χ0n) is 9.21. The third-order valence-corrected chi connectivity index (χ3v) is 3.39. The second-order valence-electron chi connectivity index (χ2n) is 3.60. The predicted molar refractivity (Wildman–Crippen MR) is 63.0 cm³/mol. The molecule has 2 aromatic heterocycles. The maximum atomic E-state index is 10.6. The van der Waals surface area contributed by atoms with E-state index in [2.05, 4.69) is 10.5 Å². The molecule has 17 heavy (non-hydrogen) atoms. The van der Waals surface area contributed by atoms with Gasteiger partial charge in [-0.25, -0.2) is 4.79 Å². The molecule has 0 saturated carbocycles. The maximum Gasteiger partial charge on any atom is 0.358 e.